The van der Waals surface area contributed by atoms with Gasteiger partial charge in [-0.2, -0.15) is 0 Å². The molecule has 0 saturated carbocycles. The maximum atomic E-state index is 6.95. The Balaban J connectivity index is 1.04. The van der Waals surface area contributed by atoms with E-state index < -0.39 is 0 Å². The van der Waals surface area contributed by atoms with Gasteiger partial charge in [0.2, 0.25) is 0 Å². The Bertz CT molecular complexity index is 3960. The fraction of sp³-hybridized carbons (Fsp3) is 0. The van der Waals surface area contributed by atoms with Crippen LogP contribution < -0.4 is 4.90 Å². The molecule has 2 aromatic heterocycles. The van der Waals surface area contributed by atoms with Crippen LogP contribution in [0.4, 0.5) is 17.1 Å². The molecule has 0 N–H and O–H groups in total. The molecule has 67 heavy (non-hydrogen) atoms. The molecule has 0 aliphatic heterocycles. The number of nitrogens with zero attached hydrogens (tertiary/aromatic N) is 1. The maximum Gasteiger partial charge on any atom is 0.143 e. The number of benzene rings is 11. The zero-order chi connectivity index (χ0) is 44.3. The normalized spacial score (nSPS) is 11.6. The van der Waals surface area contributed by atoms with Crippen molar-refractivity contribution in [3.63, 3.8) is 0 Å². The Morgan fingerprint density at radius 2 is 0.791 bits per heavy atom. The van der Waals surface area contributed by atoms with Gasteiger partial charge in [-0.25, -0.2) is 0 Å². The van der Waals surface area contributed by atoms with Crippen LogP contribution in [-0.4, -0.2) is 0 Å². The molecule has 0 fully saturated rings. The van der Waals surface area contributed by atoms with Gasteiger partial charge in [-0.3, -0.25) is 0 Å². The molecule has 0 atom stereocenters. The van der Waals surface area contributed by atoms with Gasteiger partial charge < -0.3 is 13.7 Å². The number of anilines is 3. The second-order valence-corrected chi connectivity index (χ2v) is 17.2. The average molecular weight is 856 g/mol. The molecule has 0 aliphatic carbocycles. The van der Waals surface area contributed by atoms with Crippen LogP contribution in [0, 0.1) is 0 Å². The summed E-state index contributed by atoms with van der Waals surface area (Å²) in [6.07, 6.45) is 0. The van der Waals surface area contributed by atoms with Crippen molar-refractivity contribution in [2.24, 2.45) is 0 Å². The van der Waals surface area contributed by atoms with Crippen LogP contribution in [0.5, 0.6) is 0 Å². The van der Waals surface area contributed by atoms with Crippen molar-refractivity contribution in [2.75, 3.05) is 4.90 Å². The van der Waals surface area contributed by atoms with Crippen LogP contribution in [0.1, 0.15) is 0 Å². The largest absolute Gasteiger partial charge is 0.455 e. The summed E-state index contributed by atoms with van der Waals surface area (Å²) in [6.45, 7) is 0. The first-order valence-corrected chi connectivity index (χ1v) is 22.8. The smallest absolute Gasteiger partial charge is 0.143 e. The maximum absolute atomic E-state index is 6.95. The van der Waals surface area contributed by atoms with E-state index in [1.165, 1.54) is 16.7 Å². The molecule has 0 radical (unpaired) electrons. The van der Waals surface area contributed by atoms with Crippen molar-refractivity contribution in [1.82, 2.24) is 0 Å². The lowest BCUT2D eigenvalue weighted by atomic mass is 9.93. The Labute approximate surface area is 388 Å². The number of rotatable bonds is 8. The molecule has 3 heteroatoms. The van der Waals surface area contributed by atoms with Crippen LogP contribution in [-0.2, 0) is 0 Å². The number of fused-ring (bicyclic) bond motifs is 8. The lowest BCUT2D eigenvalue weighted by molar-refractivity contribution is 0.670. The fourth-order valence-corrected chi connectivity index (χ4v) is 10.0. The highest BCUT2D eigenvalue weighted by Crippen LogP contribution is 2.50. The van der Waals surface area contributed by atoms with Gasteiger partial charge in [0.05, 0.1) is 11.1 Å². The molecular formula is C64H41NO2. The summed E-state index contributed by atoms with van der Waals surface area (Å²) in [7, 11) is 0. The van der Waals surface area contributed by atoms with Crippen LogP contribution >= 0.6 is 0 Å². The molecule has 314 valence electrons. The topological polar surface area (TPSA) is 29.5 Å². The summed E-state index contributed by atoms with van der Waals surface area (Å²) in [5.41, 5.74) is 17.9. The number of para-hydroxylation sites is 2. The monoisotopic (exact) mass is 855 g/mol. The Hall–Kier alpha value is -8.92. The third-order valence-corrected chi connectivity index (χ3v) is 13.3. The number of furan rings is 2. The molecule has 13 aromatic rings. The second kappa shape index (κ2) is 16.0. The summed E-state index contributed by atoms with van der Waals surface area (Å²) in [5, 5.41) is 6.59. The summed E-state index contributed by atoms with van der Waals surface area (Å²) in [5.74, 6) is 0. The van der Waals surface area contributed by atoms with E-state index >= 15 is 0 Å². The van der Waals surface area contributed by atoms with Crippen molar-refractivity contribution < 1.29 is 8.83 Å². The highest BCUT2D eigenvalue weighted by molar-refractivity contribution is 6.22. The highest BCUT2D eigenvalue weighted by Gasteiger charge is 2.25. The molecule has 13 rings (SSSR count). The Kier molecular flexibility index (Phi) is 9.17. The van der Waals surface area contributed by atoms with E-state index in [0.717, 1.165) is 111 Å². The van der Waals surface area contributed by atoms with Gasteiger partial charge in [-0.1, -0.05) is 188 Å². The van der Waals surface area contributed by atoms with Gasteiger partial charge in [0, 0.05) is 44.0 Å². The molecule has 0 spiro atoms. The van der Waals surface area contributed by atoms with E-state index in [4.69, 9.17) is 8.83 Å². The predicted octanol–water partition coefficient (Wildman–Crippen LogP) is 18.4. The SMILES string of the molecule is c1ccc(-c2ccc(N(c3ccc(-c4cccc5c4oc4ccccc45)cc3)c3c(-c4cccc(-c5cccc(-c6ccccc6)c5)c4)ccc4oc5c6ccccc6ccc5c34)cc2)cc1. The van der Waals surface area contributed by atoms with Crippen molar-refractivity contribution in [1.29, 1.82) is 0 Å². The fourth-order valence-electron chi connectivity index (χ4n) is 10.0. The Morgan fingerprint density at radius 1 is 0.269 bits per heavy atom. The minimum atomic E-state index is 0.830. The average Bonchev–Trinajstić information content (AvgIpc) is 3.99. The molecule has 0 unspecified atom stereocenters. The van der Waals surface area contributed by atoms with Crippen LogP contribution in [0.2, 0.25) is 0 Å². The predicted molar refractivity (Wildman–Crippen MR) is 280 cm³/mol. The zero-order valence-electron chi connectivity index (χ0n) is 36.4. The van der Waals surface area contributed by atoms with Crippen molar-refractivity contribution in [2.45, 2.75) is 0 Å². The summed E-state index contributed by atoms with van der Waals surface area (Å²) < 4.78 is 13.5. The summed E-state index contributed by atoms with van der Waals surface area (Å²) >= 11 is 0. The van der Waals surface area contributed by atoms with E-state index in [0.29, 0.717) is 0 Å². The third kappa shape index (κ3) is 6.67. The van der Waals surface area contributed by atoms with Gasteiger partial charge in [0.1, 0.15) is 22.3 Å². The summed E-state index contributed by atoms with van der Waals surface area (Å²) in [6, 6.07) is 88.9. The lowest BCUT2D eigenvalue weighted by Gasteiger charge is -2.29. The van der Waals surface area contributed by atoms with Crippen molar-refractivity contribution in [3.05, 3.63) is 249 Å². The lowest BCUT2D eigenvalue weighted by Crippen LogP contribution is -2.12. The first-order valence-electron chi connectivity index (χ1n) is 22.8. The minimum absolute atomic E-state index is 0.830. The molecule has 0 amide bonds. The quantitative estimate of drug-likeness (QED) is 0.152. The van der Waals surface area contributed by atoms with E-state index in [2.05, 4.69) is 241 Å². The number of hydrogen-bond acceptors (Lipinski definition) is 3. The van der Waals surface area contributed by atoms with Gasteiger partial charge in [-0.05, 0) is 111 Å². The molecule has 11 aromatic carbocycles. The standard InChI is InChI=1S/C64H41NO2/c1-3-14-42(15-4-1)44-28-33-51(34-29-44)65(52-35-30-46(31-36-52)55-25-13-26-57-56-24-9-10-27-59(56)66-63(55)57)62-53(38-39-60-61(62)58-37-32-45-18-7-8-23-54(45)64(58)67-60)50-22-12-21-49(41-50)48-20-11-19-47(40-48)43-16-5-2-6-17-43/h1-41H. The van der Waals surface area contributed by atoms with E-state index in [1.54, 1.807) is 0 Å². The van der Waals surface area contributed by atoms with Crippen LogP contribution in [0.25, 0.3) is 110 Å². The van der Waals surface area contributed by atoms with Crippen LogP contribution in [0.3, 0.4) is 0 Å². The first-order chi connectivity index (χ1) is 33.2. The second-order valence-electron chi connectivity index (χ2n) is 17.2. The Morgan fingerprint density at radius 3 is 1.52 bits per heavy atom. The van der Waals surface area contributed by atoms with Gasteiger partial charge in [0.25, 0.3) is 0 Å². The minimum Gasteiger partial charge on any atom is -0.455 e. The van der Waals surface area contributed by atoms with Gasteiger partial charge in [-0.15, -0.1) is 0 Å². The summed E-state index contributed by atoms with van der Waals surface area (Å²) in [4.78, 5) is 2.42. The van der Waals surface area contributed by atoms with Crippen molar-refractivity contribution in [3.8, 4) is 55.6 Å². The molecule has 3 nitrogen and oxygen atoms in total. The van der Waals surface area contributed by atoms with Gasteiger partial charge in [0.15, 0.2) is 0 Å². The molecule has 0 saturated heterocycles. The van der Waals surface area contributed by atoms with Gasteiger partial charge >= 0.3 is 0 Å². The number of hydrogen-bond donors (Lipinski definition) is 0. The molecular weight excluding hydrogens is 815 g/mol. The van der Waals surface area contributed by atoms with Crippen LogP contribution in [0.15, 0.2) is 258 Å². The van der Waals surface area contributed by atoms with Crippen molar-refractivity contribution >= 4 is 71.7 Å². The van der Waals surface area contributed by atoms with E-state index in [1.807, 2.05) is 12.1 Å². The third-order valence-electron chi connectivity index (χ3n) is 13.3. The first kappa shape index (κ1) is 38.5. The molecule has 0 aliphatic rings. The highest BCUT2D eigenvalue weighted by atomic mass is 16.3. The van der Waals surface area contributed by atoms with E-state index in [-0.39, 0.29) is 0 Å². The van der Waals surface area contributed by atoms with E-state index in [9.17, 15) is 0 Å². The molecule has 2 heterocycles. The zero-order valence-corrected chi connectivity index (χ0v) is 36.4. The molecule has 0 bridgehead atoms.